The van der Waals surface area contributed by atoms with E-state index < -0.39 is 15.9 Å². The van der Waals surface area contributed by atoms with Gasteiger partial charge in [0.15, 0.2) is 6.54 Å². The second-order valence-corrected chi connectivity index (χ2v) is 13.7. The molecule has 228 valence electrons. The van der Waals surface area contributed by atoms with Crippen LogP contribution in [-0.4, -0.2) is 31.0 Å². The average molecular weight is 662 g/mol. The summed E-state index contributed by atoms with van der Waals surface area (Å²) in [6.07, 6.45) is 6.68. The zero-order valence-electron chi connectivity index (χ0n) is 23.4. The number of aryl methyl sites for hydroxylation is 1. The molecule has 0 radical (unpaired) electrons. The zero-order chi connectivity index (χ0) is 30.4. The Hall–Kier alpha value is -2.55. The molecule has 5 rings (SSSR count). The highest BCUT2D eigenvalue weighted by atomic mass is 35.5. The molecule has 0 bridgehead atoms. The molecule has 0 saturated heterocycles. The van der Waals surface area contributed by atoms with Gasteiger partial charge in [-0.1, -0.05) is 54.6 Å². The highest BCUT2D eigenvalue weighted by Crippen LogP contribution is 2.47. The van der Waals surface area contributed by atoms with Gasteiger partial charge in [-0.25, -0.2) is 8.42 Å². The molecule has 0 N–H and O–H groups in total. The lowest BCUT2D eigenvalue weighted by atomic mass is 10.1. The minimum Gasteiger partial charge on any atom is -0.748 e. The number of anilines is 1. The summed E-state index contributed by atoms with van der Waals surface area (Å²) in [5, 5.41) is 17.2. The van der Waals surface area contributed by atoms with Gasteiger partial charge in [0.05, 0.1) is 32.3 Å². The first kappa shape index (κ1) is 31.9. The van der Waals surface area contributed by atoms with Crippen molar-refractivity contribution >= 4 is 79.2 Å². The molecule has 0 saturated carbocycles. The van der Waals surface area contributed by atoms with Crippen molar-refractivity contribution in [2.24, 2.45) is 0 Å². The molecule has 4 aromatic rings. The van der Waals surface area contributed by atoms with Crippen molar-refractivity contribution in [1.82, 2.24) is 0 Å². The maximum atomic E-state index is 11.4. The van der Waals surface area contributed by atoms with Gasteiger partial charge in [-0.05, 0) is 66.6 Å². The average Bonchev–Trinajstić information content (AvgIpc) is 3.50. The molecule has 0 spiro atoms. The van der Waals surface area contributed by atoms with Gasteiger partial charge < -0.3 is 19.1 Å². The van der Waals surface area contributed by atoms with Gasteiger partial charge in [0.2, 0.25) is 5.58 Å². The molecule has 0 amide bonds. The monoisotopic (exact) mass is 661 g/mol. The second-order valence-electron chi connectivity index (χ2n) is 9.93. The van der Waals surface area contributed by atoms with Crippen molar-refractivity contribution in [3.8, 4) is 0 Å². The van der Waals surface area contributed by atoms with Crippen LogP contribution in [0.15, 0.2) is 80.6 Å². The summed E-state index contributed by atoms with van der Waals surface area (Å²) < 4.78 is 46.8. The Morgan fingerprint density at radius 1 is 1.16 bits per heavy atom. The van der Waals surface area contributed by atoms with Crippen molar-refractivity contribution in [1.29, 1.82) is 0 Å². The summed E-state index contributed by atoms with van der Waals surface area (Å²) in [7, 11) is -4.34. The topological polar surface area (TPSA) is 119 Å². The summed E-state index contributed by atoms with van der Waals surface area (Å²) in [5.41, 5.74) is 3.59. The maximum absolute atomic E-state index is 11.4. The van der Waals surface area contributed by atoms with E-state index >= 15 is 0 Å². The molecule has 0 unspecified atom stereocenters. The highest BCUT2D eigenvalue weighted by molar-refractivity contribution is 8.03. The Morgan fingerprint density at radius 2 is 2.00 bits per heavy atom. The summed E-state index contributed by atoms with van der Waals surface area (Å²) in [4.78, 5) is 3.34. The van der Waals surface area contributed by atoms with Crippen molar-refractivity contribution in [2.75, 3.05) is 23.0 Å². The third-order valence-corrected chi connectivity index (χ3v) is 9.79. The van der Waals surface area contributed by atoms with Crippen LogP contribution in [0.25, 0.3) is 27.9 Å². The Balaban J connectivity index is 1.50. The van der Waals surface area contributed by atoms with Crippen LogP contribution < -0.4 is 14.7 Å². The summed E-state index contributed by atoms with van der Waals surface area (Å²) in [6.45, 7) is 3.12. The van der Waals surface area contributed by atoms with E-state index in [0.29, 0.717) is 35.2 Å². The van der Waals surface area contributed by atoms with Crippen molar-refractivity contribution in [3.63, 3.8) is 0 Å². The van der Waals surface area contributed by atoms with E-state index in [1.807, 2.05) is 65.2 Å². The van der Waals surface area contributed by atoms with Gasteiger partial charge in [0, 0.05) is 46.4 Å². The standard InChI is InChI=1S/C30H31ClN2O7S3/c1-2-21(19-29-32(14-5-6-16-41-40-39-34)25-20-23(31)11-13-27(25)42-29)18-28-33(15-7-17-43(35,36)37)30-24-9-4-3-8-22(24)10-12-26(30)38-28/h3-4,8-13,18-20H,2,5-7,14-17H2,1H3,(H-,34,35,36,37)/p-1. The van der Waals surface area contributed by atoms with E-state index in [1.165, 1.54) is 0 Å². The third kappa shape index (κ3) is 7.95. The first-order chi connectivity index (χ1) is 20.8. The normalized spacial score (nSPS) is 14.8. The molecule has 13 heteroatoms. The molecule has 9 nitrogen and oxygen atoms in total. The smallest absolute Gasteiger partial charge is 0.374 e. The number of thioether (sulfide) groups is 1. The molecule has 1 aliphatic rings. The van der Waals surface area contributed by atoms with E-state index in [-0.39, 0.29) is 6.42 Å². The SMILES string of the molecule is CCC(/C=C1\Sc2ccc(Cl)cc2N1CCCCSOO[O-])=C\c1oc2ccc3ccccc3c2[n+]1CCCS(=O)(=O)[O-]. The molecule has 2 heterocycles. The molecular weight excluding hydrogens is 632 g/mol. The Kier molecular flexibility index (Phi) is 10.7. The number of oxazole rings is 1. The van der Waals surface area contributed by atoms with Crippen LogP contribution >= 0.6 is 35.4 Å². The van der Waals surface area contributed by atoms with Crippen LogP contribution in [0.5, 0.6) is 0 Å². The molecule has 0 aliphatic carbocycles. The summed E-state index contributed by atoms with van der Waals surface area (Å²) in [6, 6.07) is 17.7. The van der Waals surface area contributed by atoms with Crippen LogP contribution in [0, 0.1) is 0 Å². The van der Waals surface area contributed by atoms with Gasteiger partial charge in [-0.15, -0.1) is 0 Å². The number of halogens is 1. The van der Waals surface area contributed by atoms with Crippen LogP contribution in [0.3, 0.4) is 0 Å². The van der Waals surface area contributed by atoms with Crippen LogP contribution in [-0.2, 0) is 26.0 Å². The fourth-order valence-corrected chi connectivity index (χ4v) is 7.29. The Labute approximate surface area is 263 Å². The summed E-state index contributed by atoms with van der Waals surface area (Å²) >= 11 is 9.01. The Bertz CT molecular complexity index is 1770. The van der Waals surface area contributed by atoms with E-state index in [1.54, 1.807) is 11.8 Å². The van der Waals surface area contributed by atoms with E-state index in [9.17, 15) is 18.2 Å². The summed E-state index contributed by atoms with van der Waals surface area (Å²) in [5.74, 6) is 0.752. The van der Waals surface area contributed by atoms with Gasteiger partial charge in [0.1, 0.15) is 0 Å². The van der Waals surface area contributed by atoms with Gasteiger partial charge in [0.25, 0.3) is 5.52 Å². The minimum atomic E-state index is -4.34. The number of hydrogen-bond donors (Lipinski definition) is 0. The predicted molar refractivity (Wildman–Crippen MR) is 168 cm³/mol. The quantitative estimate of drug-likeness (QED) is 0.0377. The van der Waals surface area contributed by atoms with Crippen molar-refractivity contribution in [3.05, 3.63) is 82.2 Å². The molecule has 3 aromatic carbocycles. The lowest BCUT2D eigenvalue weighted by Gasteiger charge is -2.21. The fourth-order valence-electron chi connectivity index (χ4n) is 5.06. The number of aromatic nitrogens is 1. The first-order valence-electron chi connectivity index (χ1n) is 13.8. The number of nitrogens with zero attached hydrogens (tertiary/aromatic N) is 2. The number of fused-ring (bicyclic) bond motifs is 4. The van der Waals surface area contributed by atoms with Gasteiger partial charge in [-0.2, -0.15) is 8.90 Å². The highest BCUT2D eigenvalue weighted by Gasteiger charge is 2.27. The van der Waals surface area contributed by atoms with E-state index in [4.69, 9.17) is 16.0 Å². The second kappa shape index (κ2) is 14.5. The third-order valence-electron chi connectivity index (χ3n) is 7.04. The van der Waals surface area contributed by atoms with Crippen molar-refractivity contribution < 1.29 is 36.6 Å². The Morgan fingerprint density at radius 3 is 2.79 bits per heavy atom. The molecule has 1 aliphatic heterocycles. The van der Waals surface area contributed by atoms with Gasteiger partial charge >= 0.3 is 5.89 Å². The van der Waals surface area contributed by atoms with E-state index in [0.717, 1.165) is 68.9 Å². The number of rotatable bonds is 14. The van der Waals surface area contributed by atoms with Crippen molar-refractivity contribution in [2.45, 2.75) is 44.0 Å². The fraction of sp³-hybridized carbons (Fsp3) is 0.300. The van der Waals surface area contributed by atoms with Crippen LogP contribution in [0.1, 0.15) is 38.5 Å². The lowest BCUT2D eigenvalue weighted by molar-refractivity contribution is -0.777. The zero-order valence-corrected chi connectivity index (χ0v) is 26.6. The minimum absolute atomic E-state index is 0.168. The number of allylic oxidation sites excluding steroid dienone is 2. The first-order valence-corrected chi connectivity index (χ1v) is 17.5. The molecular formula is C30H30ClN2O7S3-. The van der Waals surface area contributed by atoms with Crippen LogP contribution in [0.2, 0.25) is 5.02 Å². The number of benzene rings is 3. The largest absolute Gasteiger partial charge is 0.748 e. The maximum Gasteiger partial charge on any atom is 0.374 e. The van der Waals surface area contributed by atoms with Crippen LogP contribution in [0.4, 0.5) is 5.69 Å². The lowest BCUT2D eigenvalue weighted by Crippen LogP contribution is -2.36. The van der Waals surface area contributed by atoms with E-state index in [2.05, 4.69) is 27.3 Å². The predicted octanol–water partition coefficient (Wildman–Crippen LogP) is 6.36. The van der Waals surface area contributed by atoms with Gasteiger partial charge in [-0.3, -0.25) is 5.04 Å². The molecule has 0 atom stereocenters. The molecule has 0 fully saturated rings. The molecule has 43 heavy (non-hydrogen) atoms. The number of hydrogen-bond acceptors (Lipinski definition) is 10. The number of unbranched alkanes of at least 4 members (excludes halogenated alkanes) is 1. The molecule has 1 aromatic heterocycles.